The van der Waals surface area contributed by atoms with Gasteiger partial charge in [-0.3, -0.25) is 4.79 Å². The zero-order valence-corrected chi connectivity index (χ0v) is 9.72. The number of ether oxygens (including phenoxy) is 1. The number of esters is 1. The van der Waals surface area contributed by atoms with E-state index < -0.39 is 0 Å². The summed E-state index contributed by atoms with van der Waals surface area (Å²) in [6, 6.07) is 7.87. The van der Waals surface area contributed by atoms with E-state index in [2.05, 4.69) is 9.97 Å². The van der Waals surface area contributed by atoms with E-state index in [1.807, 2.05) is 30.5 Å². The van der Waals surface area contributed by atoms with Crippen LogP contribution in [-0.2, 0) is 16.0 Å². The zero-order valence-electron chi connectivity index (χ0n) is 9.72. The van der Waals surface area contributed by atoms with Crippen molar-refractivity contribution in [2.75, 3.05) is 6.61 Å². The smallest absolute Gasteiger partial charge is 0.302 e. The lowest BCUT2D eigenvalue weighted by Gasteiger charge is -2.02. The minimum absolute atomic E-state index is 0.246. The van der Waals surface area contributed by atoms with Gasteiger partial charge in [-0.15, -0.1) is 0 Å². The zero-order chi connectivity index (χ0) is 12.1. The van der Waals surface area contributed by atoms with Gasteiger partial charge in [-0.1, -0.05) is 18.2 Å². The number of rotatable bonds is 4. The molecule has 0 bridgehead atoms. The molecule has 2 aromatic rings. The molecule has 1 aromatic carbocycles. The summed E-state index contributed by atoms with van der Waals surface area (Å²) in [5.74, 6) is 0.542. The number of fused-ring (bicyclic) bond motifs is 1. The SMILES string of the molecule is CC(=O)OCCCc1ncc2ccccc2n1. The van der Waals surface area contributed by atoms with E-state index in [1.165, 1.54) is 6.92 Å². The second-order valence-electron chi connectivity index (χ2n) is 3.79. The molecule has 0 aliphatic heterocycles. The van der Waals surface area contributed by atoms with Crippen molar-refractivity contribution in [2.45, 2.75) is 19.8 Å². The van der Waals surface area contributed by atoms with Crippen molar-refractivity contribution in [1.82, 2.24) is 9.97 Å². The maximum Gasteiger partial charge on any atom is 0.302 e. The number of nitrogens with zero attached hydrogens (tertiary/aromatic N) is 2. The standard InChI is InChI=1S/C13H14N2O2/c1-10(16)17-8-4-7-13-14-9-11-5-2-3-6-12(11)15-13/h2-3,5-6,9H,4,7-8H2,1H3. The Hall–Kier alpha value is -1.97. The van der Waals surface area contributed by atoms with Crippen LogP contribution in [0.5, 0.6) is 0 Å². The highest BCUT2D eigenvalue weighted by molar-refractivity contribution is 5.77. The maximum atomic E-state index is 10.6. The third-order valence-corrected chi connectivity index (χ3v) is 2.39. The minimum Gasteiger partial charge on any atom is -0.466 e. The molecule has 0 radical (unpaired) electrons. The van der Waals surface area contributed by atoms with Crippen LogP contribution in [0.15, 0.2) is 30.5 Å². The number of aromatic nitrogens is 2. The van der Waals surface area contributed by atoms with E-state index in [-0.39, 0.29) is 5.97 Å². The van der Waals surface area contributed by atoms with Gasteiger partial charge in [0.2, 0.25) is 0 Å². The van der Waals surface area contributed by atoms with Crippen LogP contribution in [0.4, 0.5) is 0 Å². The third kappa shape index (κ3) is 3.24. The highest BCUT2D eigenvalue weighted by Crippen LogP contribution is 2.10. The molecular weight excluding hydrogens is 216 g/mol. The Balaban J connectivity index is 1.97. The molecule has 0 aliphatic carbocycles. The van der Waals surface area contributed by atoms with E-state index >= 15 is 0 Å². The van der Waals surface area contributed by atoms with Gasteiger partial charge in [-0.25, -0.2) is 9.97 Å². The molecule has 0 aliphatic rings. The van der Waals surface area contributed by atoms with Gasteiger partial charge >= 0.3 is 5.97 Å². The van der Waals surface area contributed by atoms with E-state index in [9.17, 15) is 4.79 Å². The molecule has 0 saturated heterocycles. The van der Waals surface area contributed by atoms with Gasteiger partial charge in [0.05, 0.1) is 12.1 Å². The molecule has 0 fully saturated rings. The molecule has 0 spiro atoms. The monoisotopic (exact) mass is 230 g/mol. The summed E-state index contributed by atoms with van der Waals surface area (Å²) in [6.07, 6.45) is 3.29. The number of hydrogen-bond donors (Lipinski definition) is 0. The lowest BCUT2D eigenvalue weighted by atomic mass is 10.2. The first kappa shape index (κ1) is 11.5. The third-order valence-electron chi connectivity index (χ3n) is 2.39. The highest BCUT2D eigenvalue weighted by Gasteiger charge is 2.00. The molecule has 88 valence electrons. The van der Waals surface area contributed by atoms with Gasteiger partial charge in [0.1, 0.15) is 5.82 Å². The highest BCUT2D eigenvalue weighted by atomic mass is 16.5. The lowest BCUT2D eigenvalue weighted by Crippen LogP contribution is -2.03. The summed E-state index contributed by atoms with van der Waals surface area (Å²) in [7, 11) is 0. The van der Waals surface area contributed by atoms with Gasteiger partial charge in [0, 0.05) is 24.9 Å². The van der Waals surface area contributed by atoms with Crippen LogP contribution in [-0.4, -0.2) is 22.5 Å². The molecule has 0 N–H and O–H groups in total. The van der Waals surface area contributed by atoms with Crippen molar-refractivity contribution in [3.05, 3.63) is 36.3 Å². The van der Waals surface area contributed by atoms with Crippen LogP contribution in [0.1, 0.15) is 19.2 Å². The van der Waals surface area contributed by atoms with E-state index in [4.69, 9.17) is 4.74 Å². The average molecular weight is 230 g/mol. The Labute approximate surface area is 99.7 Å². The first-order valence-corrected chi connectivity index (χ1v) is 5.60. The normalized spacial score (nSPS) is 10.4. The Morgan fingerprint density at radius 3 is 3.00 bits per heavy atom. The Kier molecular flexibility index (Phi) is 3.65. The van der Waals surface area contributed by atoms with Crippen molar-refractivity contribution in [3.8, 4) is 0 Å². The molecule has 1 heterocycles. The van der Waals surface area contributed by atoms with Crippen molar-refractivity contribution in [2.24, 2.45) is 0 Å². The van der Waals surface area contributed by atoms with Crippen LogP contribution in [0.3, 0.4) is 0 Å². The molecule has 4 heteroatoms. The molecule has 0 unspecified atom stereocenters. The number of aryl methyl sites for hydroxylation is 1. The first-order chi connectivity index (χ1) is 8.25. The first-order valence-electron chi connectivity index (χ1n) is 5.60. The molecule has 0 amide bonds. The number of carbonyl (C=O) groups is 1. The van der Waals surface area contributed by atoms with Gasteiger partial charge in [0.25, 0.3) is 0 Å². The van der Waals surface area contributed by atoms with Crippen LogP contribution >= 0.6 is 0 Å². The number of carbonyl (C=O) groups excluding carboxylic acids is 1. The molecule has 1 aromatic heterocycles. The topological polar surface area (TPSA) is 52.1 Å². The molecular formula is C13H14N2O2. The van der Waals surface area contributed by atoms with Crippen molar-refractivity contribution < 1.29 is 9.53 Å². The maximum absolute atomic E-state index is 10.6. The summed E-state index contributed by atoms with van der Waals surface area (Å²) in [4.78, 5) is 19.3. The fourth-order valence-electron chi connectivity index (χ4n) is 1.58. The number of para-hydroxylation sites is 1. The summed E-state index contributed by atoms with van der Waals surface area (Å²) in [5, 5.41) is 1.04. The Bertz CT molecular complexity index is 526. The van der Waals surface area contributed by atoms with Crippen LogP contribution in [0.25, 0.3) is 10.9 Å². The fraction of sp³-hybridized carbons (Fsp3) is 0.308. The van der Waals surface area contributed by atoms with E-state index in [0.29, 0.717) is 6.61 Å². The number of hydrogen-bond acceptors (Lipinski definition) is 4. The summed E-state index contributed by atoms with van der Waals surface area (Å²) < 4.78 is 4.86. The second kappa shape index (κ2) is 5.39. The van der Waals surface area contributed by atoms with Gasteiger partial charge < -0.3 is 4.74 Å². The van der Waals surface area contributed by atoms with Gasteiger partial charge in [-0.05, 0) is 12.5 Å². The second-order valence-corrected chi connectivity index (χ2v) is 3.79. The predicted octanol–water partition coefficient (Wildman–Crippen LogP) is 2.13. The quantitative estimate of drug-likeness (QED) is 0.596. The largest absolute Gasteiger partial charge is 0.466 e. The minimum atomic E-state index is -0.246. The van der Waals surface area contributed by atoms with Crippen LogP contribution in [0.2, 0.25) is 0 Å². The van der Waals surface area contributed by atoms with Crippen molar-refractivity contribution in [3.63, 3.8) is 0 Å². The Morgan fingerprint density at radius 2 is 2.18 bits per heavy atom. The number of benzene rings is 1. The van der Waals surface area contributed by atoms with Gasteiger partial charge in [0.15, 0.2) is 0 Å². The summed E-state index contributed by atoms with van der Waals surface area (Å²) >= 11 is 0. The molecule has 4 nitrogen and oxygen atoms in total. The molecule has 0 saturated carbocycles. The Morgan fingerprint density at radius 1 is 1.35 bits per heavy atom. The lowest BCUT2D eigenvalue weighted by molar-refractivity contribution is -0.141. The van der Waals surface area contributed by atoms with E-state index in [1.54, 1.807) is 0 Å². The summed E-state index contributed by atoms with van der Waals surface area (Å²) in [5.41, 5.74) is 0.949. The predicted molar refractivity (Wildman–Crippen MR) is 64.5 cm³/mol. The van der Waals surface area contributed by atoms with Crippen LogP contribution in [0, 0.1) is 0 Å². The van der Waals surface area contributed by atoms with Crippen molar-refractivity contribution >= 4 is 16.9 Å². The fourth-order valence-corrected chi connectivity index (χ4v) is 1.58. The molecule has 0 atom stereocenters. The summed E-state index contributed by atoms with van der Waals surface area (Å²) in [6.45, 7) is 1.83. The van der Waals surface area contributed by atoms with E-state index in [0.717, 1.165) is 29.6 Å². The van der Waals surface area contributed by atoms with Crippen molar-refractivity contribution in [1.29, 1.82) is 0 Å². The molecule has 17 heavy (non-hydrogen) atoms. The molecule has 2 rings (SSSR count). The average Bonchev–Trinajstić information content (AvgIpc) is 2.34. The van der Waals surface area contributed by atoms with Crippen LogP contribution < -0.4 is 0 Å². The van der Waals surface area contributed by atoms with Gasteiger partial charge in [-0.2, -0.15) is 0 Å².